The lowest BCUT2D eigenvalue weighted by Gasteiger charge is -2.16. The second-order valence-electron chi connectivity index (χ2n) is 6.62. The molecular weight excluding hydrogens is 380 g/mol. The third-order valence-corrected chi connectivity index (χ3v) is 5.60. The summed E-state index contributed by atoms with van der Waals surface area (Å²) in [7, 11) is 0. The van der Waals surface area contributed by atoms with Crippen molar-refractivity contribution in [2.24, 2.45) is 0 Å². The molecule has 1 fully saturated rings. The summed E-state index contributed by atoms with van der Waals surface area (Å²) in [5.74, 6) is 1.63. The number of aromatic nitrogens is 2. The molecule has 0 atom stereocenters. The van der Waals surface area contributed by atoms with E-state index in [0.717, 1.165) is 49.6 Å². The Balaban J connectivity index is 1.57. The number of thioether (sulfide) groups is 1. The van der Waals surface area contributed by atoms with Crippen molar-refractivity contribution in [2.45, 2.75) is 43.5 Å². The average molecular weight is 405 g/mol. The van der Waals surface area contributed by atoms with Gasteiger partial charge in [0.1, 0.15) is 11.0 Å². The lowest BCUT2D eigenvalue weighted by Crippen LogP contribution is -2.24. The van der Waals surface area contributed by atoms with Crippen LogP contribution in [0.15, 0.2) is 35.5 Å². The van der Waals surface area contributed by atoms with Gasteiger partial charge >= 0.3 is 0 Å². The number of unbranched alkanes of at least 4 members (excludes halogenated alkanes) is 1. The van der Waals surface area contributed by atoms with Gasteiger partial charge < -0.3 is 10.2 Å². The number of amides is 1. The number of anilines is 1. The highest BCUT2D eigenvalue weighted by molar-refractivity contribution is 7.98. The molecule has 0 aliphatic carbocycles. The highest BCUT2D eigenvalue weighted by Gasteiger charge is 2.15. The van der Waals surface area contributed by atoms with Crippen molar-refractivity contribution in [3.05, 3.63) is 46.6 Å². The first kappa shape index (κ1) is 20.0. The van der Waals surface area contributed by atoms with Crippen molar-refractivity contribution in [3.8, 4) is 0 Å². The molecule has 1 aliphatic heterocycles. The van der Waals surface area contributed by atoms with Gasteiger partial charge in [0.25, 0.3) is 5.91 Å². The van der Waals surface area contributed by atoms with Crippen LogP contribution in [0.5, 0.6) is 0 Å². The molecule has 1 aliphatic rings. The fourth-order valence-electron chi connectivity index (χ4n) is 2.94. The van der Waals surface area contributed by atoms with Gasteiger partial charge in [0.2, 0.25) is 0 Å². The quantitative estimate of drug-likeness (QED) is 0.302. The Morgan fingerprint density at radius 1 is 1.22 bits per heavy atom. The smallest absolute Gasteiger partial charge is 0.251 e. The molecule has 2 heterocycles. The Morgan fingerprint density at radius 3 is 2.67 bits per heavy atom. The van der Waals surface area contributed by atoms with Crippen LogP contribution in [-0.4, -0.2) is 35.5 Å². The van der Waals surface area contributed by atoms with Crippen LogP contribution >= 0.6 is 23.4 Å². The molecule has 3 rings (SSSR count). The summed E-state index contributed by atoms with van der Waals surface area (Å²) < 4.78 is 0. The summed E-state index contributed by atoms with van der Waals surface area (Å²) in [6.07, 6.45) is 4.46. The highest BCUT2D eigenvalue weighted by Crippen LogP contribution is 2.26. The number of carbonyl (C=O) groups is 1. The van der Waals surface area contributed by atoms with E-state index >= 15 is 0 Å². The van der Waals surface area contributed by atoms with Crippen molar-refractivity contribution >= 4 is 35.1 Å². The fraction of sp³-hybridized carbons (Fsp3) is 0.450. The van der Waals surface area contributed by atoms with Gasteiger partial charge in [-0.3, -0.25) is 4.79 Å². The summed E-state index contributed by atoms with van der Waals surface area (Å²) in [5, 5.41) is 4.10. The minimum absolute atomic E-state index is 0.0175. The minimum atomic E-state index is -0.0175. The summed E-state index contributed by atoms with van der Waals surface area (Å²) >= 11 is 7.74. The van der Waals surface area contributed by atoms with Crippen LogP contribution in [-0.2, 0) is 5.75 Å². The number of halogens is 1. The SMILES string of the molecule is CCCCNC(=O)c1ccc(CSc2nc(Cl)cc(N3CCCC3)n2)cc1. The molecule has 1 aromatic carbocycles. The number of rotatable bonds is 8. The van der Waals surface area contributed by atoms with Crippen LogP contribution < -0.4 is 10.2 Å². The average Bonchev–Trinajstić information content (AvgIpc) is 3.21. The van der Waals surface area contributed by atoms with E-state index in [4.69, 9.17) is 11.6 Å². The molecule has 1 aromatic heterocycles. The van der Waals surface area contributed by atoms with E-state index in [1.54, 1.807) is 11.8 Å². The third kappa shape index (κ3) is 5.84. The molecule has 0 unspecified atom stereocenters. The molecule has 27 heavy (non-hydrogen) atoms. The van der Waals surface area contributed by atoms with Crippen LogP contribution in [0, 0.1) is 0 Å². The standard InChI is InChI=1S/C20H25ClN4OS/c1-2-3-10-22-19(26)16-8-6-15(7-9-16)14-27-20-23-17(21)13-18(24-20)25-11-4-5-12-25/h6-9,13H,2-5,10-12,14H2,1H3,(H,22,26). The topological polar surface area (TPSA) is 58.1 Å². The summed E-state index contributed by atoms with van der Waals surface area (Å²) in [5.41, 5.74) is 1.81. The maximum absolute atomic E-state index is 12.1. The number of hydrogen-bond acceptors (Lipinski definition) is 5. The monoisotopic (exact) mass is 404 g/mol. The van der Waals surface area contributed by atoms with Crippen LogP contribution in [0.3, 0.4) is 0 Å². The summed E-state index contributed by atoms with van der Waals surface area (Å²) in [6.45, 7) is 4.88. The Hall–Kier alpha value is -1.79. The molecule has 1 N–H and O–H groups in total. The zero-order valence-corrected chi connectivity index (χ0v) is 17.2. The van der Waals surface area contributed by atoms with Crippen LogP contribution in [0.4, 0.5) is 5.82 Å². The van der Waals surface area contributed by atoms with E-state index < -0.39 is 0 Å². The van der Waals surface area contributed by atoms with Crippen molar-refractivity contribution in [2.75, 3.05) is 24.5 Å². The van der Waals surface area contributed by atoms with Crippen LogP contribution in [0.1, 0.15) is 48.5 Å². The first-order valence-corrected chi connectivity index (χ1v) is 10.8. The molecule has 1 amide bonds. The maximum atomic E-state index is 12.1. The second-order valence-corrected chi connectivity index (χ2v) is 7.95. The number of benzene rings is 1. The molecule has 5 nitrogen and oxygen atoms in total. The number of nitrogens with one attached hydrogen (secondary N) is 1. The Labute approximate surface area is 169 Å². The van der Waals surface area contributed by atoms with Crippen LogP contribution in [0.2, 0.25) is 5.15 Å². The number of nitrogens with zero attached hydrogens (tertiary/aromatic N) is 3. The zero-order chi connectivity index (χ0) is 19.1. The van der Waals surface area contributed by atoms with E-state index in [1.165, 1.54) is 12.8 Å². The molecule has 7 heteroatoms. The van der Waals surface area contributed by atoms with Gasteiger partial charge in [0.05, 0.1) is 0 Å². The molecule has 0 radical (unpaired) electrons. The van der Waals surface area contributed by atoms with E-state index in [1.807, 2.05) is 30.3 Å². The fourth-order valence-corrected chi connectivity index (χ4v) is 3.98. The van der Waals surface area contributed by atoms with Crippen LogP contribution in [0.25, 0.3) is 0 Å². The first-order valence-electron chi connectivity index (χ1n) is 9.45. The van der Waals surface area contributed by atoms with E-state index in [0.29, 0.717) is 15.9 Å². The van der Waals surface area contributed by atoms with Gasteiger partial charge in [0, 0.05) is 37.0 Å². The van der Waals surface area contributed by atoms with E-state index in [-0.39, 0.29) is 5.91 Å². The predicted molar refractivity (Wildman–Crippen MR) is 112 cm³/mol. The molecule has 0 spiro atoms. The zero-order valence-electron chi connectivity index (χ0n) is 15.6. The van der Waals surface area contributed by atoms with Gasteiger partial charge in [0.15, 0.2) is 5.16 Å². The predicted octanol–water partition coefficient (Wildman–Crippen LogP) is 4.55. The van der Waals surface area contributed by atoms with Gasteiger partial charge in [-0.15, -0.1) is 0 Å². The molecular formula is C20H25ClN4OS. The maximum Gasteiger partial charge on any atom is 0.251 e. The van der Waals surface area contributed by atoms with Crippen molar-refractivity contribution < 1.29 is 4.79 Å². The first-order chi connectivity index (χ1) is 13.2. The summed E-state index contributed by atoms with van der Waals surface area (Å²) in [6, 6.07) is 9.53. The molecule has 144 valence electrons. The van der Waals surface area contributed by atoms with Crippen molar-refractivity contribution in [3.63, 3.8) is 0 Å². The van der Waals surface area contributed by atoms with Gasteiger partial charge in [-0.1, -0.05) is 48.8 Å². The molecule has 1 saturated heterocycles. The van der Waals surface area contributed by atoms with Crippen molar-refractivity contribution in [1.82, 2.24) is 15.3 Å². The Kier molecular flexibility index (Phi) is 7.35. The Morgan fingerprint density at radius 2 is 1.96 bits per heavy atom. The molecule has 2 aromatic rings. The largest absolute Gasteiger partial charge is 0.356 e. The lowest BCUT2D eigenvalue weighted by molar-refractivity contribution is 0.0953. The van der Waals surface area contributed by atoms with Gasteiger partial charge in [-0.05, 0) is 37.0 Å². The normalized spacial score (nSPS) is 13.8. The second kappa shape index (κ2) is 9.95. The molecule has 0 saturated carbocycles. The van der Waals surface area contributed by atoms with E-state index in [9.17, 15) is 4.79 Å². The highest BCUT2D eigenvalue weighted by atomic mass is 35.5. The summed E-state index contributed by atoms with van der Waals surface area (Å²) in [4.78, 5) is 23.3. The van der Waals surface area contributed by atoms with Gasteiger partial charge in [-0.25, -0.2) is 9.97 Å². The third-order valence-electron chi connectivity index (χ3n) is 4.49. The lowest BCUT2D eigenvalue weighted by atomic mass is 10.1. The van der Waals surface area contributed by atoms with E-state index in [2.05, 4.69) is 27.1 Å². The number of carbonyl (C=O) groups excluding carboxylic acids is 1. The molecule has 0 bridgehead atoms. The van der Waals surface area contributed by atoms with Crippen molar-refractivity contribution in [1.29, 1.82) is 0 Å². The Bertz CT molecular complexity index is 763. The number of hydrogen-bond donors (Lipinski definition) is 1. The minimum Gasteiger partial charge on any atom is -0.356 e. The van der Waals surface area contributed by atoms with Gasteiger partial charge in [-0.2, -0.15) is 0 Å².